The van der Waals surface area contributed by atoms with E-state index in [4.69, 9.17) is 5.11 Å². The molecule has 0 aliphatic rings. The van der Waals surface area contributed by atoms with Crippen LogP contribution in [0.2, 0.25) is 0 Å². The fourth-order valence-electron chi connectivity index (χ4n) is 0.800. The number of aliphatic hydroxyl groups excluding tert-OH is 1. The van der Waals surface area contributed by atoms with Gasteiger partial charge in [-0.1, -0.05) is 13.3 Å². The van der Waals surface area contributed by atoms with E-state index in [1.54, 1.807) is 0 Å². The Morgan fingerprint density at radius 2 is 1.25 bits per heavy atom. The molecule has 0 atom stereocenters. The molecule has 0 aliphatic carbocycles. The van der Waals surface area contributed by atoms with Crippen molar-refractivity contribution in [2.24, 2.45) is 0 Å². The maximum Gasteiger partial charge on any atom is 2.00 e. The van der Waals surface area contributed by atoms with Crippen molar-refractivity contribution in [2.45, 2.75) is 19.8 Å². The third-order valence-electron chi connectivity index (χ3n) is 1.62. The summed E-state index contributed by atoms with van der Waals surface area (Å²) in [6, 6.07) is 20.0. The van der Waals surface area contributed by atoms with Crippen molar-refractivity contribution in [3.8, 4) is 0 Å². The van der Waals surface area contributed by atoms with Crippen LogP contribution in [0.4, 0.5) is 0 Å². The number of unbranched alkanes of at least 4 members (excludes halogenated alkanes) is 1. The van der Waals surface area contributed by atoms with E-state index < -0.39 is 0 Å². The van der Waals surface area contributed by atoms with Crippen molar-refractivity contribution in [2.75, 3.05) is 6.61 Å². The average Bonchev–Trinajstić information content (AvgIpc) is 2.99. The van der Waals surface area contributed by atoms with E-state index in [2.05, 4.69) is 6.92 Å². The Balaban J connectivity index is 0. The second-order valence-electron chi connectivity index (χ2n) is 3.00. The summed E-state index contributed by atoms with van der Waals surface area (Å²) in [4.78, 5) is 0. The van der Waals surface area contributed by atoms with Crippen molar-refractivity contribution in [1.82, 2.24) is 0 Å². The van der Waals surface area contributed by atoms with Crippen LogP contribution < -0.4 is 0 Å². The summed E-state index contributed by atoms with van der Waals surface area (Å²) in [6.45, 7) is 2.40. The van der Waals surface area contributed by atoms with Gasteiger partial charge in [-0.3, -0.25) is 0 Å². The Kier molecular flexibility index (Phi) is 18.6. The molecule has 0 saturated carbocycles. The van der Waals surface area contributed by atoms with E-state index in [-0.39, 0.29) is 21.7 Å². The van der Waals surface area contributed by atoms with Gasteiger partial charge in [0, 0.05) is 6.61 Å². The van der Waals surface area contributed by atoms with Crippen LogP contribution in [0.5, 0.6) is 0 Å². The van der Waals surface area contributed by atoms with Gasteiger partial charge in [-0.05, 0) is 6.42 Å². The van der Waals surface area contributed by atoms with E-state index in [1.165, 1.54) is 0 Å². The van der Waals surface area contributed by atoms with Crippen molar-refractivity contribution >= 4 is 0 Å². The fourth-order valence-corrected chi connectivity index (χ4v) is 0.800. The Bertz CT molecular complexity index is 185. The SMILES string of the molecule is CCCCO.[Ti+2].c1cc[cH-]c1.c1cc[cH-]c1. The molecule has 0 heterocycles. The molecule has 1 N–H and O–H groups in total. The third kappa shape index (κ3) is 15.8. The summed E-state index contributed by atoms with van der Waals surface area (Å²) in [6.07, 6.45) is 2.04. The first-order valence-corrected chi connectivity index (χ1v) is 5.36. The zero-order chi connectivity index (χ0) is 11.2. The second-order valence-corrected chi connectivity index (χ2v) is 3.00. The predicted molar refractivity (Wildman–Crippen MR) is 66.1 cm³/mol. The van der Waals surface area contributed by atoms with Gasteiger partial charge in [0.25, 0.3) is 0 Å². The van der Waals surface area contributed by atoms with Gasteiger partial charge in [-0.15, -0.1) is 0 Å². The molecular weight excluding hydrogens is 232 g/mol. The molecule has 2 rings (SSSR count). The van der Waals surface area contributed by atoms with Crippen LogP contribution >= 0.6 is 0 Å². The maximum atomic E-state index is 8.07. The zero-order valence-electron chi connectivity index (χ0n) is 9.84. The van der Waals surface area contributed by atoms with Gasteiger partial charge in [0.2, 0.25) is 0 Å². The van der Waals surface area contributed by atoms with E-state index in [0.717, 1.165) is 12.8 Å². The average molecular weight is 252 g/mol. The molecule has 2 aromatic rings. The summed E-state index contributed by atoms with van der Waals surface area (Å²) < 4.78 is 0. The molecule has 86 valence electrons. The van der Waals surface area contributed by atoms with Gasteiger partial charge >= 0.3 is 21.7 Å². The molecule has 0 fully saturated rings. The molecular formula is C14H20OTi. The Morgan fingerprint density at radius 1 is 0.875 bits per heavy atom. The summed E-state index contributed by atoms with van der Waals surface area (Å²) in [5.41, 5.74) is 0. The van der Waals surface area contributed by atoms with Crippen LogP contribution in [0.15, 0.2) is 60.7 Å². The largest absolute Gasteiger partial charge is 2.00 e. The van der Waals surface area contributed by atoms with Gasteiger partial charge < -0.3 is 5.11 Å². The van der Waals surface area contributed by atoms with Crippen LogP contribution in [0, 0.1) is 0 Å². The molecule has 0 unspecified atom stereocenters. The van der Waals surface area contributed by atoms with Crippen molar-refractivity contribution in [3.05, 3.63) is 60.7 Å². The molecule has 0 aliphatic heterocycles. The Labute approximate surface area is 114 Å². The van der Waals surface area contributed by atoms with E-state index >= 15 is 0 Å². The fraction of sp³-hybridized carbons (Fsp3) is 0.286. The van der Waals surface area contributed by atoms with Gasteiger partial charge in [0.15, 0.2) is 0 Å². The van der Waals surface area contributed by atoms with Crippen molar-refractivity contribution in [3.63, 3.8) is 0 Å². The Hall–Kier alpha value is -0.626. The topological polar surface area (TPSA) is 20.2 Å². The predicted octanol–water partition coefficient (Wildman–Crippen LogP) is 3.59. The molecule has 16 heavy (non-hydrogen) atoms. The van der Waals surface area contributed by atoms with Crippen LogP contribution in [0.25, 0.3) is 0 Å². The molecule has 0 amide bonds. The molecule has 0 aromatic heterocycles. The molecule has 0 radical (unpaired) electrons. The molecule has 0 bridgehead atoms. The minimum atomic E-state index is 0. The third-order valence-corrected chi connectivity index (χ3v) is 1.62. The quantitative estimate of drug-likeness (QED) is 0.639. The first-order valence-electron chi connectivity index (χ1n) is 5.36. The van der Waals surface area contributed by atoms with Crippen LogP contribution in [-0.4, -0.2) is 11.7 Å². The van der Waals surface area contributed by atoms with E-state index in [1.807, 2.05) is 60.7 Å². The van der Waals surface area contributed by atoms with Crippen molar-refractivity contribution in [1.29, 1.82) is 0 Å². The van der Waals surface area contributed by atoms with Gasteiger partial charge in [-0.25, -0.2) is 24.3 Å². The zero-order valence-corrected chi connectivity index (χ0v) is 11.4. The van der Waals surface area contributed by atoms with Gasteiger partial charge in [0.1, 0.15) is 0 Å². The standard InChI is InChI=1S/2C5H5.C4H10O.Ti/c2*1-2-4-5-3-1;1-2-3-4-5;/h2*1-5H;5H,2-4H2,1H3;/q2*-1;;+2. The summed E-state index contributed by atoms with van der Waals surface area (Å²) >= 11 is 0. The van der Waals surface area contributed by atoms with Crippen LogP contribution in [0.3, 0.4) is 0 Å². The number of rotatable bonds is 2. The minimum absolute atomic E-state index is 0. The molecule has 2 heteroatoms. The first kappa shape index (κ1) is 17.8. The number of hydrogen-bond acceptors (Lipinski definition) is 1. The van der Waals surface area contributed by atoms with Gasteiger partial charge in [0.05, 0.1) is 0 Å². The number of aliphatic hydroxyl groups is 1. The monoisotopic (exact) mass is 252 g/mol. The summed E-state index contributed by atoms with van der Waals surface area (Å²) in [5.74, 6) is 0. The summed E-state index contributed by atoms with van der Waals surface area (Å²) in [7, 11) is 0. The smallest absolute Gasteiger partial charge is 0.396 e. The summed E-state index contributed by atoms with van der Waals surface area (Å²) in [5, 5.41) is 8.07. The second kappa shape index (κ2) is 16.8. The normalized spacial score (nSPS) is 7.62. The molecule has 0 saturated heterocycles. The molecule has 0 spiro atoms. The van der Waals surface area contributed by atoms with Crippen LogP contribution in [0.1, 0.15) is 19.8 Å². The van der Waals surface area contributed by atoms with Gasteiger partial charge in [-0.2, -0.15) is 36.4 Å². The van der Waals surface area contributed by atoms with E-state index in [9.17, 15) is 0 Å². The van der Waals surface area contributed by atoms with Crippen molar-refractivity contribution < 1.29 is 26.8 Å². The van der Waals surface area contributed by atoms with Crippen LogP contribution in [-0.2, 0) is 21.7 Å². The maximum absolute atomic E-state index is 8.07. The number of hydrogen-bond donors (Lipinski definition) is 1. The Morgan fingerprint density at radius 3 is 1.31 bits per heavy atom. The minimum Gasteiger partial charge on any atom is -0.396 e. The first-order chi connectivity index (χ1) is 7.41. The molecule has 1 nitrogen and oxygen atoms in total. The van der Waals surface area contributed by atoms with E-state index in [0.29, 0.717) is 6.61 Å². The molecule has 2 aromatic carbocycles.